The first-order chi connectivity index (χ1) is 12.8. The van der Waals surface area contributed by atoms with E-state index >= 15 is 0 Å². The van der Waals surface area contributed by atoms with Crippen LogP contribution < -0.4 is 16.0 Å². The highest BCUT2D eigenvalue weighted by atomic mass is 35.5. The van der Waals surface area contributed by atoms with Gasteiger partial charge in [0.05, 0.1) is 5.69 Å². The molecule has 1 unspecified atom stereocenters. The Balaban J connectivity index is 0.00000210. The lowest BCUT2D eigenvalue weighted by atomic mass is 9.92. The first-order valence-electron chi connectivity index (χ1n) is 9.38. The van der Waals surface area contributed by atoms with Gasteiger partial charge in [-0.05, 0) is 49.9 Å². The second-order valence-corrected chi connectivity index (χ2v) is 7.26. The number of nitrogens with zero attached hydrogens (tertiary/aromatic N) is 2. The fraction of sp³-hybridized carbons (Fsp3) is 0.450. The quantitative estimate of drug-likeness (QED) is 0.664. The largest absolute Gasteiger partial charge is 0.367 e. The van der Waals surface area contributed by atoms with Crippen molar-refractivity contribution in [3.63, 3.8) is 0 Å². The van der Waals surface area contributed by atoms with Crippen molar-refractivity contribution in [3.05, 3.63) is 42.5 Å². The van der Waals surface area contributed by atoms with Crippen LogP contribution in [0.1, 0.15) is 19.3 Å². The molecule has 2 fully saturated rings. The SMILES string of the molecule is Cl.O=C(NCCNc1ccc(-c2ccccc2)nn1)C1CC12CCNCC2. The molecule has 3 N–H and O–H groups in total. The summed E-state index contributed by atoms with van der Waals surface area (Å²) in [7, 11) is 0. The molecule has 2 heterocycles. The van der Waals surface area contributed by atoms with Gasteiger partial charge in [0.1, 0.15) is 5.82 Å². The molecule has 1 amide bonds. The second kappa shape index (κ2) is 8.67. The Labute approximate surface area is 165 Å². The highest BCUT2D eigenvalue weighted by molar-refractivity contribution is 5.85. The van der Waals surface area contributed by atoms with Gasteiger partial charge in [-0.1, -0.05) is 30.3 Å². The molecular formula is C20H26ClN5O. The fourth-order valence-electron chi connectivity index (χ4n) is 3.88. The minimum atomic E-state index is 0. The summed E-state index contributed by atoms with van der Waals surface area (Å²) < 4.78 is 0. The van der Waals surface area contributed by atoms with Gasteiger partial charge in [-0.25, -0.2) is 0 Å². The molecule has 6 nitrogen and oxygen atoms in total. The molecule has 7 heteroatoms. The van der Waals surface area contributed by atoms with E-state index in [1.807, 2.05) is 42.5 Å². The molecule has 1 aromatic carbocycles. The van der Waals surface area contributed by atoms with Crippen LogP contribution in [0.5, 0.6) is 0 Å². The number of hydrogen-bond donors (Lipinski definition) is 3. The van der Waals surface area contributed by atoms with Crippen molar-refractivity contribution in [2.24, 2.45) is 11.3 Å². The standard InChI is InChI=1S/C20H25N5O.ClH/c26-19(16-14-20(16)8-10-21-11-9-20)23-13-12-22-18-7-6-17(24-25-18)15-4-2-1-3-5-15;/h1-7,16,21H,8-14H2,(H,22,25)(H,23,26);1H. The number of piperidine rings is 1. The van der Waals surface area contributed by atoms with Crippen LogP contribution in [-0.2, 0) is 4.79 Å². The van der Waals surface area contributed by atoms with Gasteiger partial charge < -0.3 is 16.0 Å². The van der Waals surface area contributed by atoms with Crippen LogP contribution in [0.3, 0.4) is 0 Å². The van der Waals surface area contributed by atoms with Crippen molar-refractivity contribution >= 4 is 24.1 Å². The van der Waals surface area contributed by atoms with Gasteiger partial charge in [0.25, 0.3) is 0 Å². The predicted octanol–water partition coefficient (Wildman–Crippen LogP) is 2.48. The zero-order chi connectivity index (χ0) is 17.8. The van der Waals surface area contributed by atoms with Crippen molar-refractivity contribution in [2.45, 2.75) is 19.3 Å². The number of benzene rings is 1. The number of carbonyl (C=O) groups excluding carboxylic acids is 1. The molecule has 4 rings (SSSR count). The van der Waals surface area contributed by atoms with Crippen LogP contribution in [0.15, 0.2) is 42.5 Å². The van der Waals surface area contributed by atoms with Gasteiger partial charge in [0.2, 0.25) is 5.91 Å². The lowest BCUT2D eigenvalue weighted by Gasteiger charge is -2.23. The Kier molecular flexibility index (Phi) is 6.29. The Hall–Kier alpha value is -2.18. The zero-order valence-corrected chi connectivity index (χ0v) is 16.1. The topological polar surface area (TPSA) is 78.9 Å². The summed E-state index contributed by atoms with van der Waals surface area (Å²) in [5.74, 6) is 1.15. The molecule has 144 valence electrons. The summed E-state index contributed by atoms with van der Waals surface area (Å²) >= 11 is 0. The maximum Gasteiger partial charge on any atom is 0.223 e. The molecule has 27 heavy (non-hydrogen) atoms. The van der Waals surface area contributed by atoms with Gasteiger partial charge in [-0.15, -0.1) is 22.6 Å². The molecule has 1 aliphatic heterocycles. The van der Waals surface area contributed by atoms with E-state index < -0.39 is 0 Å². The van der Waals surface area contributed by atoms with Crippen molar-refractivity contribution in [3.8, 4) is 11.3 Å². The Morgan fingerprint density at radius 1 is 1.07 bits per heavy atom. The van der Waals surface area contributed by atoms with Crippen LogP contribution in [0.2, 0.25) is 0 Å². The molecule has 1 aromatic heterocycles. The van der Waals surface area contributed by atoms with Crippen LogP contribution in [0.4, 0.5) is 5.82 Å². The van der Waals surface area contributed by atoms with Gasteiger partial charge in [-0.2, -0.15) is 0 Å². The molecule has 1 saturated carbocycles. The van der Waals surface area contributed by atoms with Crippen molar-refractivity contribution in [2.75, 3.05) is 31.5 Å². The van der Waals surface area contributed by atoms with Crippen molar-refractivity contribution < 1.29 is 4.79 Å². The molecular weight excluding hydrogens is 362 g/mol. The van der Waals surface area contributed by atoms with Gasteiger partial charge in [0, 0.05) is 24.6 Å². The van der Waals surface area contributed by atoms with Crippen molar-refractivity contribution in [1.82, 2.24) is 20.8 Å². The Bertz CT molecular complexity index is 747. The van der Waals surface area contributed by atoms with E-state index in [-0.39, 0.29) is 24.2 Å². The minimum Gasteiger partial charge on any atom is -0.367 e. The van der Waals surface area contributed by atoms with Gasteiger partial charge in [0.15, 0.2) is 0 Å². The second-order valence-electron chi connectivity index (χ2n) is 7.26. The molecule has 2 aromatic rings. The number of rotatable bonds is 6. The minimum absolute atomic E-state index is 0. The lowest BCUT2D eigenvalue weighted by molar-refractivity contribution is -0.123. The molecule has 1 saturated heterocycles. The average Bonchev–Trinajstić information content (AvgIpc) is 3.39. The molecule has 0 radical (unpaired) electrons. The number of aromatic nitrogens is 2. The van der Waals surface area contributed by atoms with E-state index in [4.69, 9.17) is 0 Å². The third-order valence-corrected chi connectivity index (χ3v) is 5.57. The number of nitrogens with one attached hydrogen (secondary N) is 3. The van der Waals surface area contributed by atoms with E-state index in [2.05, 4.69) is 26.1 Å². The predicted molar refractivity (Wildman–Crippen MR) is 109 cm³/mol. The van der Waals surface area contributed by atoms with E-state index in [9.17, 15) is 4.79 Å². The fourth-order valence-corrected chi connectivity index (χ4v) is 3.88. The molecule has 0 bridgehead atoms. The third-order valence-electron chi connectivity index (χ3n) is 5.57. The summed E-state index contributed by atoms with van der Waals surface area (Å²) in [6, 6.07) is 13.9. The number of anilines is 1. The first-order valence-corrected chi connectivity index (χ1v) is 9.38. The first kappa shape index (κ1) is 19.6. The lowest BCUT2D eigenvalue weighted by Crippen LogP contribution is -2.35. The number of carbonyl (C=O) groups is 1. The van der Waals surface area contributed by atoms with Crippen LogP contribution in [0.25, 0.3) is 11.3 Å². The summed E-state index contributed by atoms with van der Waals surface area (Å²) in [5, 5.41) is 18.1. The van der Waals surface area contributed by atoms with E-state index in [1.54, 1.807) is 0 Å². The number of amides is 1. The summed E-state index contributed by atoms with van der Waals surface area (Å²) in [5.41, 5.74) is 2.20. The molecule has 1 spiro atoms. The Morgan fingerprint density at radius 3 is 2.56 bits per heavy atom. The smallest absolute Gasteiger partial charge is 0.223 e. The van der Waals surface area contributed by atoms with Gasteiger partial charge >= 0.3 is 0 Å². The normalized spacial score (nSPS) is 19.8. The summed E-state index contributed by atoms with van der Waals surface area (Å²) in [6.45, 7) is 3.34. The molecule has 1 atom stereocenters. The highest BCUT2D eigenvalue weighted by Crippen LogP contribution is 2.58. The third kappa shape index (κ3) is 4.57. The molecule has 2 aliphatic rings. The summed E-state index contributed by atoms with van der Waals surface area (Å²) in [6.07, 6.45) is 3.32. The van der Waals surface area contributed by atoms with Crippen LogP contribution >= 0.6 is 12.4 Å². The van der Waals surface area contributed by atoms with E-state index in [1.165, 1.54) is 0 Å². The van der Waals surface area contributed by atoms with Crippen LogP contribution in [0, 0.1) is 11.3 Å². The van der Waals surface area contributed by atoms with E-state index in [0.29, 0.717) is 18.5 Å². The molecule has 1 aliphatic carbocycles. The Morgan fingerprint density at radius 2 is 1.85 bits per heavy atom. The highest BCUT2D eigenvalue weighted by Gasteiger charge is 2.57. The summed E-state index contributed by atoms with van der Waals surface area (Å²) in [4.78, 5) is 12.3. The van der Waals surface area contributed by atoms with E-state index in [0.717, 1.165) is 49.4 Å². The van der Waals surface area contributed by atoms with Crippen molar-refractivity contribution in [1.29, 1.82) is 0 Å². The maximum atomic E-state index is 12.3. The average molecular weight is 388 g/mol. The monoisotopic (exact) mass is 387 g/mol. The maximum absolute atomic E-state index is 12.3. The number of halogens is 1. The van der Waals surface area contributed by atoms with Crippen LogP contribution in [-0.4, -0.2) is 42.3 Å². The number of hydrogen-bond acceptors (Lipinski definition) is 5. The zero-order valence-electron chi connectivity index (χ0n) is 15.3. The van der Waals surface area contributed by atoms with Gasteiger partial charge in [-0.3, -0.25) is 4.79 Å².